The van der Waals surface area contributed by atoms with Crippen LogP contribution in [-0.2, 0) is 0 Å². The van der Waals surface area contributed by atoms with Gasteiger partial charge < -0.3 is 0 Å². The fourth-order valence-corrected chi connectivity index (χ4v) is 1.56. The monoisotopic (exact) mass is 208 g/mol. The second kappa shape index (κ2) is 3.16. The molecule has 2 nitrogen and oxygen atoms in total. The SMILES string of the molecule is [B]c1cccc2c(Cl)nc(Cl)nc12. The maximum absolute atomic E-state index is 5.84. The minimum Gasteiger partial charge on any atom is -0.218 e. The lowest BCUT2D eigenvalue weighted by atomic mass is 9.94. The van der Waals surface area contributed by atoms with Gasteiger partial charge in [0.15, 0.2) is 0 Å². The highest BCUT2D eigenvalue weighted by Crippen LogP contribution is 2.19. The van der Waals surface area contributed by atoms with Gasteiger partial charge in [-0.25, -0.2) is 9.97 Å². The summed E-state index contributed by atoms with van der Waals surface area (Å²) in [5.74, 6) is 0. The summed E-state index contributed by atoms with van der Waals surface area (Å²) in [6.07, 6.45) is 0. The molecule has 62 valence electrons. The lowest BCUT2D eigenvalue weighted by Crippen LogP contribution is -2.05. The number of benzene rings is 1. The van der Waals surface area contributed by atoms with Crippen molar-refractivity contribution in [3.8, 4) is 0 Å². The number of aromatic nitrogens is 2. The molecular formula is C8H3BCl2N2. The standard InChI is InChI=1S/C8H3BCl2N2/c9-5-3-1-2-4-6(5)12-8(11)13-7(4)10/h1-3H. The number of hydrogen-bond donors (Lipinski definition) is 0. The molecule has 0 bridgehead atoms. The molecule has 0 fully saturated rings. The van der Waals surface area contributed by atoms with Crippen molar-refractivity contribution in [2.75, 3.05) is 0 Å². The molecule has 5 heteroatoms. The van der Waals surface area contributed by atoms with Crippen LogP contribution in [0.1, 0.15) is 0 Å². The summed E-state index contributed by atoms with van der Waals surface area (Å²) >= 11 is 11.5. The van der Waals surface area contributed by atoms with Gasteiger partial charge in [-0.05, 0) is 17.7 Å². The van der Waals surface area contributed by atoms with Crippen LogP contribution in [-0.4, -0.2) is 17.8 Å². The summed E-state index contributed by atoms with van der Waals surface area (Å²) in [5.41, 5.74) is 1.14. The Morgan fingerprint density at radius 2 is 1.92 bits per heavy atom. The molecule has 2 aromatic rings. The van der Waals surface area contributed by atoms with Crippen LogP contribution in [0.5, 0.6) is 0 Å². The number of nitrogens with zero attached hydrogens (tertiary/aromatic N) is 2. The molecule has 0 spiro atoms. The fourth-order valence-electron chi connectivity index (χ4n) is 1.11. The smallest absolute Gasteiger partial charge is 0.218 e. The first kappa shape index (κ1) is 8.79. The lowest BCUT2D eigenvalue weighted by Gasteiger charge is -2.02. The number of halogens is 2. The molecule has 2 rings (SSSR count). The Bertz CT molecular complexity index is 473. The van der Waals surface area contributed by atoms with Crippen molar-refractivity contribution in [2.45, 2.75) is 0 Å². The van der Waals surface area contributed by atoms with Gasteiger partial charge in [-0.15, -0.1) is 0 Å². The Balaban J connectivity index is 2.94. The molecule has 0 atom stereocenters. The van der Waals surface area contributed by atoms with Crippen molar-refractivity contribution in [3.05, 3.63) is 28.6 Å². The van der Waals surface area contributed by atoms with Crippen LogP contribution in [0.4, 0.5) is 0 Å². The van der Waals surface area contributed by atoms with Crippen molar-refractivity contribution >= 4 is 47.4 Å². The minimum atomic E-state index is 0.107. The normalized spacial score (nSPS) is 10.6. The van der Waals surface area contributed by atoms with E-state index in [1.807, 2.05) is 0 Å². The molecule has 1 aromatic heterocycles. The van der Waals surface area contributed by atoms with E-state index in [0.717, 1.165) is 0 Å². The summed E-state index contributed by atoms with van der Waals surface area (Å²) in [7, 11) is 5.69. The predicted molar refractivity (Wildman–Crippen MR) is 54.9 cm³/mol. The average molecular weight is 209 g/mol. The molecule has 0 aliphatic carbocycles. The van der Waals surface area contributed by atoms with Gasteiger partial charge in [0.25, 0.3) is 0 Å². The van der Waals surface area contributed by atoms with Gasteiger partial charge in [-0.1, -0.05) is 29.2 Å². The first-order valence-electron chi connectivity index (χ1n) is 3.56. The Labute approximate surface area is 86.3 Å². The van der Waals surface area contributed by atoms with Gasteiger partial charge in [-0.3, -0.25) is 0 Å². The van der Waals surface area contributed by atoms with Crippen molar-refractivity contribution < 1.29 is 0 Å². The first-order valence-corrected chi connectivity index (χ1v) is 4.31. The van der Waals surface area contributed by atoms with E-state index in [1.54, 1.807) is 18.2 Å². The molecule has 1 aromatic carbocycles. The summed E-state index contributed by atoms with van der Waals surface area (Å²) < 4.78 is 0. The zero-order chi connectivity index (χ0) is 9.42. The van der Waals surface area contributed by atoms with Crippen LogP contribution >= 0.6 is 23.2 Å². The average Bonchev–Trinajstić information content (AvgIpc) is 2.07. The van der Waals surface area contributed by atoms with Gasteiger partial charge >= 0.3 is 0 Å². The molecule has 0 amide bonds. The van der Waals surface area contributed by atoms with E-state index in [9.17, 15) is 0 Å². The van der Waals surface area contributed by atoms with Gasteiger partial charge in [0, 0.05) is 5.39 Å². The van der Waals surface area contributed by atoms with Crippen LogP contribution in [0, 0.1) is 0 Å². The second-order valence-corrected chi connectivity index (χ2v) is 3.22. The number of rotatable bonds is 0. The summed E-state index contributed by atoms with van der Waals surface area (Å²) in [4.78, 5) is 7.79. The third-order valence-electron chi connectivity index (χ3n) is 1.68. The van der Waals surface area contributed by atoms with E-state index < -0.39 is 0 Å². The predicted octanol–water partition coefficient (Wildman–Crippen LogP) is 1.73. The van der Waals surface area contributed by atoms with E-state index in [-0.39, 0.29) is 5.28 Å². The van der Waals surface area contributed by atoms with Gasteiger partial charge in [0.1, 0.15) is 13.0 Å². The van der Waals surface area contributed by atoms with E-state index in [4.69, 9.17) is 31.0 Å². The molecule has 0 N–H and O–H groups in total. The third kappa shape index (κ3) is 1.49. The van der Waals surface area contributed by atoms with E-state index in [0.29, 0.717) is 21.5 Å². The van der Waals surface area contributed by atoms with Crippen molar-refractivity contribution in [1.29, 1.82) is 0 Å². The van der Waals surface area contributed by atoms with E-state index >= 15 is 0 Å². The van der Waals surface area contributed by atoms with Crippen LogP contribution < -0.4 is 5.46 Å². The Hall–Kier alpha value is -0.795. The Morgan fingerprint density at radius 3 is 2.69 bits per heavy atom. The molecule has 0 aliphatic heterocycles. The highest BCUT2D eigenvalue weighted by Gasteiger charge is 2.04. The summed E-state index contributed by atoms with van der Waals surface area (Å²) in [6.45, 7) is 0. The van der Waals surface area contributed by atoms with Gasteiger partial charge in [0.2, 0.25) is 5.28 Å². The second-order valence-electron chi connectivity index (χ2n) is 2.53. The zero-order valence-corrected chi connectivity index (χ0v) is 7.97. The summed E-state index contributed by atoms with van der Waals surface area (Å²) in [6, 6.07) is 5.33. The van der Waals surface area contributed by atoms with Crippen LogP contribution in [0.15, 0.2) is 18.2 Å². The topological polar surface area (TPSA) is 25.8 Å². The molecule has 2 radical (unpaired) electrons. The highest BCUT2D eigenvalue weighted by molar-refractivity contribution is 6.41. The quantitative estimate of drug-likeness (QED) is 0.375. The molecule has 0 aliphatic rings. The molecule has 1 heterocycles. The first-order chi connectivity index (χ1) is 6.18. The van der Waals surface area contributed by atoms with Crippen molar-refractivity contribution in [1.82, 2.24) is 9.97 Å². The molecule has 0 unspecified atom stereocenters. The highest BCUT2D eigenvalue weighted by atomic mass is 35.5. The summed E-state index contributed by atoms with van der Waals surface area (Å²) in [5, 5.41) is 1.14. The van der Waals surface area contributed by atoms with E-state index in [2.05, 4.69) is 9.97 Å². The maximum atomic E-state index is 5.84. The van der Waals surface area contributed by atoms with Gasteiger partial charge in [-0.2, -0.15) is 0 Å². The number of hydrogen-bond acceptors (Lipinski definition) is 2. The Morgan fingerprint density at radius 1 is 1.15 bits per heavy atom. The maximum Gasteiger partial charge on any atom is 0.224 e. The van der Waals surface area contributed by atoms with Gasteiger partial charge in [0.05, 0.1) is 5.52 Å². The third-order valence-corrected chi connectivity index (χ3v) is 2.14. The Kier molecular flexibility index (Phi) is 2.14. The van der Waals surface area contributed by atoms with Crippen LogP contribution in [0.3, 0.4) is 0 Å². The number of para-hydroxylation sites is 1. The van der Waals surface area contributed by atoms with Crippen LogP contribution in [0.2, 0.25) is 10.4 Å². The largest absolute Gasteiger partial charge is 0.224 e. The van der Waals surface area contributed by atoms with Crippen LogP contribution in [0.25, 0.3) is 10.9 Å². The molecule has 0 saturated carbocycles. The zero-order valence-electron chi connectivity index (χ0n) is 6.46. The molecular weight excluding hydrogens is 206 g/mol. The van der Waals surface area contributed by atoms with Crippen molar-refractivity contribution in [2.24, 2.45) is 0 Å². The molecule has 0 saturated heterocycles. The minimum absolute atomic E-state index is 0.107. The lowest BCUT2D eigenvalue weighted by molar-refractivity contribution is 1.23. The number of fused-ring (bicyclic) bond motifs is 1. The van der Waals surface area contributed by atoms with E-state index in [1.165, 1.54) is 0 Å². The fraction of sp³-hybridized carbons (Fsp3) is 0. The molecule has 13 heavy (non-hydrogen) atoms. The van der Waals surface area contributed by atoms with Crippen molar-refractivity contribution in [3.63, 3.8) is 0 Å².